The number of nitrogens with zero attached hydrogens (tertiary/aromatic N) is 3. The summed E-state index contributed by atoms with van der Waals surface area (Å²) in [6.45, 7) is 2.34. The second-order valence-electron chi connectivity index (χ2n) is 8.39. The van der Waals surface area contributed by atoms with Crippen molar-refractivity contribution in [1.82, 2.24) is 14.7 Å². The molecule has 2 fully saturated rings. The summed E-state index contributed by atoms with van der Waals surface area (Å²) in [5.74, 6) is -1.25. The molecule has 0 spiro atoms. The third-order valence-electron chi connectivity index (χ3n) is 6.28. The molecule has 3 amide bonds. The third kappa shape index (κ3) is 4.71. The first-order valence-electron chi connectivity index (χ1n) is 10.6. The Labute approximate surface area is 183 Å². The summed E-state index contributed by atoms with van der Waals surface area (Å²) in [5, 5.41) is 2.36. The van der Waals surface area contributed by atoms with Gasteiger partial charge in [-0.05, 0) is 25.0 Å². The van der Waals surface area contributed by atoms with Gasteiger partial charge in [0, 0.05) is 26.2 Å². The summed E-state index contributed by atoms with van der Waals surface area (Å²) in [5.41, 5.74) is -1.14. The number of nitrogens with one attached hydrogen (secondary N) is 1. The quantitative estimate of drug-likeness (QED) is 0.550. The highest BCUT2D eigenvalue weighted by Crippen LogP contribution is 2.35. The molecule has 1 N–H and O–H groups in total. The Morgan fingerprint density at radius 2 is 1.50 bits per heavy atom. The highest BCUT2D eigenvalue weighted by Gasteiger charge is 2.47. The fourth-order valence-electron chi connectivity index (χ4n) is 4.53. The van der Waals surface area contributed by atoms with Crippen molar-refractivity contribution in [3.8, 4) is 0 Å². The minimum atomic E-state index is -4.55. The molecule has 1 aromatic rings. The number of halogens is 3. The number of fused-ring (bicyclic) bond motifs is 1. The van der Waals surface area contributed by atoms with Crippen LogP contribution in [0.3, 0.4) is 0 Å². The molecule has 1 aromatic carbocycles. The predicted octanol–water partition coefficient (Wildman–Crippen LogP) is 2.17. The number of piperazine rings is 1. The SMILES string of the molecule is O=C(CN1CCN(CN2C(=O)[C@@H]3CC=CC[C@H]3C2=O)CC1)Nc1ccccc1C(F)(F)F. The molecule has 2 heterocycles. The lowest BCUT2D eigenvalue weighted by atomic mass is 9.85. The molecule has 2 aliphatic heterocycles. The molecule has 0 saturated carbocycles. The Balaban J connectivity index is 1.26. The van der Waals surface area contributed by atoms with Gasteiger partial charge in [-0.2, -0.15) is 13.2 Å². The van der Waals surface area contributed by atoms with Crippen LogP contribution in [-0.2, 0) is 20.6 Å². The number of hydrogen-bond donors (Lipinski definition) is 1. The first-order chi connectivity index (χ1) is 15.2. The van der Waals surface area contributed by atoms with Crippen LogP contribution < -0.4 is 5.32 Å². The third-order valence-corrected chi connectivity index (χ3v) is 6.28. The van der Waals surface area contributed by atoms with Crippen LogP contribution in [0.1, 0.15) is 18.4 Å². The zero-order valence-electron chi connectivity index (χ0n) is 17.5. The number of rotatable bonds is 5. The molecule has 3 aliphatic rings. The van der Waals surface area contributed by atoms with Crippen molar-refractivity contribution in [3.05, 3.63) is 42.0 Å². The predicted molar refractivity (Wildman–Crippen MR) is 110 cm³/mol. The fraction of sp³-hybridized carbons (Fsp3) is 0.500. The maximum Gasteiger partial charge on any atom is 0.418 e. The topological polar surface area (TPSA) is 73.0 Å². The summed E-state index contributed by atoms with van der Waals surface area (Å²) in [4.78, 5) is 42.7. The van der Waals surface area contributed by atoms with Gasteiger partial charge in [0.15, 0.2) is 0 Å². The maximum atomic E-state index is 13.1. The number of benzene rings is 1. The molecule has 0 bridgehead atoms. The summed E-state index contributed by atoms with van der Waals surface area (Å²) >= 11 is 0. The number of allylic oxidation sites excluding steroid dienone is 2. The van der Waals surface area contributed by atoms with Crippen LogP contribution in [0.25, 0.3) is 0 Å². The number of hydrogen-bond acceptors (Lipinski definition) is 5. The van der Waals surface area contributed by atoms with Crippen molar-refractivity contribution >= 4 is 23.4 Å². The van der Waals surface area contributed by atoms with Crippen LogP contribution in [0.5, 0.6) is 0 Å². The first kappa shape index (κ1) is 22.5. The van der Waals surface area contributed by atoms with Gasteiger partial charge in [0.05, 0.1) is 36.3 Å². The van der Waals surface area contributed by atoms with Crippen molar-refractivity contribution in [2.75, 3.05) is 44.7 Å². The Morgan fingerprint density at radius 3 is 2.09 bits per heavy atom. The number of likely N-dealkylation sites (tertiary alicyclic amines) is 1. The van der Waals surface area contributed by atoms with Gasteiger partial charge in [-0.3, -0.25) is 29.1 Å². The van der Waals surface area contributed by atoms with E-state index in [9.17, 15) is 27.6 Å². The summed E-state index contributed by atoms with van der Waals surface area (Å²) in [7, 11) is 0. The summed E-state index contributed by atoms with van der Waals surface area (Å²) in [6, 6.07) is 4.88. The van der Waals surface area contributed by atoms with E-state index in [1.165, 1.54) is 23.1 Å². The molecular formula is C22H25F3N4O3. The summed E-state index contributed by atoms with van der Waals surface area (Å²) < 4.78 is 39.3. The van der Waals surface area contributed by atoms with Gasteiger partial charge in [-0.1, -0.05) is 24.3 Å². The van der Waals surface area contributed by atoms with Gasteiger partial charge >= 0.3 is 6.18 Å². The highest BCUT2D eigenvalue weighted by atomic mass is 19.4. The van der Waals surface area contributed by atoms with E-state index < -0.39 is 17.6 Å². The molecule has 10 heteroatoms. The van der Waals surface area contributed by atoms with E-state index >= 15 is 0 Å². The normalized spacial score (nSPS) is 24.7. The number of carbonyl (C=O) groups excluding carboxylic acids is 3. The van der Waals surface area contributed by atoms with Crippen molar-refractivity contribution in [2.24, 2.45) is 11.8 Å². The van der Waals surface area contributed by atoms with Crippen molar-refractivity contribution < 1.29 is 27.6 Å². The Hall–Kier alpha value is -2.72. The van der Waals surface area contributed by atoms with E-state index in [1.807, 2.05) is 22.0 Å². The van der Waals surface area contributed by atoms with Crippen LogP contribution in [-0.4, -0.2) is 71.8 Å². The van der Waals surface area contributed by atoms with Gasteiger partial charge < -0.3 is 5.32 Å². The monoisotopic (exact) mass is 450 g/mol. The van der Waals surface area contributed by atoms with E-state index in [4.69, 9.17) is 0 Å². The molecule has 1 aliphatic carbocycles. The first-order valence-corrected chi connectivity index (χ1v) is 10.6. The molecule has 172 valence electrons. The van der Waals surface area contributed by atoms with Gasteiger partial charge in [0.2, 0.25) is 17.7 Å². The van der Waals surface area contributed by atoms with E-state index in [-0.39, 0.29) is 42.6 Å². The van der Waals surface area contributed by atoms with Crippen LogP contribution in [0, 0.1) is 11.8 Å². The Kier molecular flexibility index (Phi) is 6.34. The number of alkyl halides is 3. The molecule has 0 radical (unpaired) electrons. The lowest BCUT2D eigenvalue weighted by Crippen LogP contribution is -2.52. The molecular weight excluding hydrogens is 425 g/mol. The van der Waals surface area contributed by atoms with Crippen LogP contribution in [0.15, 0.2) is 36.4 Å². The van der Waals surface area contributed by atoms with Crippen molar-refractivity contribution in [1.29, 1.82) is 0 Å². The minimum Gasteiger partial charge on any atom is -0.324 e. The molecule has 0 unspecified atom stereocenters. The molecule has 32 heavy (non-hydrogen) atoms. The van der Waals surface area contributed by atoms with E-state index in [0.717, 1.165) is 6.07 Å². The maximum absolute atomic E-state index is 13.1. The van der Waals surface area contributed by atoms with E-state index in [0.29, 0.717) is 39.0 Å². The average molecular weight is 450 g/mol. The Bertz CT molecular complexity index is 899. The number of para-hydroxylation sites is 1. The number of imide groups is 1. The van der Waals surface area contributed by atoms with E-state index in [2.05, 4.69) is 5.32 Å². The smallest absolute Gasteiger partial charge is 0.324 e. The molecule has 4 rings (SSSR count). The lowest BCUT2D eigenvalue weighted by Gasteiger charge is -2.35. The number of carbonyl (C=O) groups is 3. The zero-order valence-corrected chi connectivity index (χ0v) is 17.5. The highest BCUT2D eigenvalue weighted by molar-refractivity contribution is 6.05. The second-order valence-corrected chi connectivity index (χ2v) is 8.39. The van der Waals surface area contributed by atoms with Gasteiger partial charge in [-0.15, -0.1) is 0 Å². The summed E-state index contributed by atoms with van der Waals surface area (Å²) in [6.07, 6.45) is 0.561. The fourth-order valence-corrected chi connectivity index (χ4v) is 4.53. The standard InChI is InChI=1S/C22H25F3N4O3/c23-22(24,25)17-7-3-4-8-18(17)26-19(30)13-27-9-11-28(12-10-27)14-29-20(31)15-5-1-2-6-16(15)21(29)32/h1-4,7-8,15-16H,5-6,9-14H2,(H,26,30)/t15-,16-/m1/s1. The van der Waals surface area contributed by atoms with Crippen molar-refractivity contribution in [2.45, 2.75) is 19.0 Å². The molecule has 7 nitrogen and oxygen atoms in total. The van der Waals surface area contributed by atoms with Crippen molar-refractivity contribution in [3.63, 3.8) is 0 Å². The minimum absolute atomic E-state index is 0.0303. The van der Waals surface area contributed by atoms with Gasteiger partial charge in [0.25, 0.3) is 0 Å². The molecule has 0 aromatic heterocycles. The molecule has 2 atom stereocenters. The van der Waals surface area contributed by atoms with E-state index in [1.54, 1.807) is 0 Å². The molecule has 2 saturated heterocycles. The number of amides is 3. The van der Waals surface area contributed by atoms with Crippen LogP contribution in [0.4, 0.5) is 18.9 Å². The van der Waals surface area contributed by atoms with Gasteiger partial charge in [-0.25, -0.2) is 0 Å². The lowest BCUT2D eigenvalue weighted by molar-refractivity contribution is -0.143. The Morgan fingerprint density at radius 1 is 0.938 bits per heavy atom. The zero-order chi connectivity index (χ0) is 22.9. The van der Waals surface area contributed by atoms with Crippen LogP contribution in [0.2, 0.25) is 0 Å². The number of anilines is 1. The second kappa shape index (κ2) is 9.03. The van der Waals surface area contributed by atoms with Gasteiger partial charge in [0.1, 0.15) is 0 Å². The largest absolute Gasteiger partial charge is 0.418 e. The average Bonchev–Trinajstić information content (AvgIpc) is 3.00. The van der Waals surface area contributed by atoms with Crippen LogP contribution >= 0.6 is 0 Å².